The quantitative estimate of drug-likeness (QED) is 0.696. The van der Waals surface area contributed by atoms with E-state index in [9.17, 15) is 17.2 Å². The number of halogens is 3. The molecule has 1 unspecified atom stereocenters. The Morgan fingerprint density at radius 1 is 1.57 bits per heavy atom. The number of rotatable bonds is 2. The fraction of sp³-hybridized carbons (Fsp3) is 1.00. The second kappa shape index (κ2) is 3.90. The molecule has 0 aliphatic carbocycles. The maximum absolute atomic E-state index is 12.9. The summed E-state index contributed by atoms with van der Waals surface area (Å²) in [6, 6.07) is -0.678. The first-order valence-corrected chi connectivity index (χ1v) is 6.36. The van der Waals surface area contributed by atoms with Gasteiger partial charge in [-0.1, -0.05) is 0 Å². The highest BCUT2D eigenvalue weighted by Gasteiger charge is 2.42. The lowest BCUT2D eigenvalue weighted by Gasteiger charge is -2.35. The minimum absolute atomic E-state index is 0.150. The van der Waals surface area contributed by atoms with Gasteiger partial charge >= 0.3 is 0 Å². The van der Waals surface area contributed by atoms with E-state index in [-0.39, 0.29) is 6.54 Å². The van der Waals surface area contributed by atoms with Gasteiger partial charge < -0.3 is 0 Å². The summed E-state index contributed by atoms with van der Waals surface area (Å²) in [6.07, 6.45) is -0.851. The Labute approximate surface area is 87.1 Å². The van der Waals surface area contributed by atoms with Crippen molar-refractivity contribution in [1.82, 2.24) is 4.31 Å². The van der Waals surface area contributed by atoms with E-state index in [1.165, 1.54) is 6.92 Å². The molecule has 7 heteroatoms. The van der Waals surface area contributed by atoms with Gasteiger partial charge in [0.25, 0.3) is 5.92 Å². The number of alkyl halides is 3. The minimum Gasteiger partial charge on any atom is -0.211 e. The third-order valence-corrected chi connectivity index (χ3v) is 4.64. The Hall–Kier alpha value is 0.0600. The topological polar surface area (TPSA) is 37.4 Å². The fourth-order valence-electron chi connectivity index (χ4n) is 1.61. The summed E-state index contributed by atoms with van der Waals surface area (Å²) in [4.78, 5) is 0. The predicted molar refractivity (Wildman–Crippen MR) is 50.0 cm³/mol. The zero-order valence-corrected chi connectivity index (χ0v) is 9.28. The van der Waals surface area contributed by atoms with Crippen LogP contribution in [-0.4, -0.2) is 36.4 Å². The first-order valence-electron chi connectivity index (χ1n) is 4.22. The molecule has 0 aromatic carbocycles. The molecule has 0 aromatic heterocycles. The lowest BCUT2D eigenvalue weighted by Crippen LogP contribution is -2.48. The third kappa shape index (κ3) is 2.55. The summed E-state index contributed by atoms with van der Waals surface area (Å²) in [5.41, 5.74) is 0. The van der Waals surface area contributed by atoms with Crippen LogP contribution in [0.4, 0.5) is 8.78 Å². The normalized spacial score (nSPS) is 29.0. The largest absolute Gasteiger partial charge is 0.250 e. The molecule has 3 nitrogen and oxygen atoms in total. The van der Waals surface area contributed by atoms with Crippen LogP contribution in [0.25, 0.3) is 0 Å². The molecule has 0 bridgehead atoms. The average Bonchev–Trinajstić information content (AvgIpc) is 2.01. The molecule has 1 aliphatic heterocycles. The molecule has 1 saturated heterocycles. The Morgan fingerprint density at radius 2 is 2.14 bits per heavy atom. The van der Waals surface area contributed by atoms with E-state index in [0.717, 1.165) is 4.31 Å². The van der Waals surface area contributed by atoms with Gasteiger partial charge in [0.15, 0.2) is 0 Å². The summed E-state index contributed by atoms with van der Waals surface area (Å²) in [5.74, 6) is -2.75. The smallest absolute Gasteiger partial charge is 0.211 e. The molecule has 0 saturated carbocycles. The molecule has 14 heavy (non-hydrogen) atoms. The maximum atomic E-state index is 12.9. The highest BCUT2D eigenvalue weighted by Crippen LogP contribution is 2.33. The third-order valence-electron chi connectivity index (χ3n) is 2.28. The lowest BCUT2D eigenvalue weighted by atomic mass is 10.0. The van der Waals surface area contributed by atoms with E-state index in [0.29, 0.717) is 0 Å². The number of sulfonamides is 1. The van der Waals surface area contributed by atoms with Gasteiger partial charge in [-0.3, -0.25) is 0 Å². The highest BCUT2D eigenvalue weighted by atomic mass is 35.5. The summed E-state index contributed by atoms with van der Waals surface area (Å²) in [6.45, 7) is 1.32. The molecule has 1 heterocycles. The summed E-state index contributed by atoms with van der Waals surface area (Å²) in [5, 5.41) is -0.553. The van der Waals surface area contributed by atoms with Gasteiger partial charge in [0.2, 0.25) is 10.0 Å². The Balaban J connectivity index is 2.78. The van der Waals surface area contributed by atoms with Gasteiger partial charge in [-0.2, -0.15) is 4.31 Å². The molecule has 0 spiro atoms. The molecule has 0 aromatic rings. The Kier molecular flexibility index (Phi) is 3.38. The molecular weight excluding hydrogens is 236 g/mol. The molecule has 84 valence electrons. The molecule has 0 N–H and O–H groups in total. The molecule has 0 amide bonds. The van der Waals surface area contributed by atoms with Crippen molar-refractivity contribution < 1.29 is 17.2 Å². The Morgan fingerprint density at radius 3 is 2.57 bits per heavy atom. The molecular formula is C7H12ClF2NO2S. The van der Waals surface area contributed by atoms with E-state index in [4.69, 9.17) is 11.6 Å². The van der Waals surface area contributed by atoms with E-state index in [2.05, 4.69) is 0 Å². The van der Waals surface area contributed by atoms with Crippen LogP contribution >= 0.6 is 11.6 Å². The van der Waals surface area contributed by atoms with Crippen molar-refractivity contribution in [3.63, 3.8) is 0 Å². The predicted octanol–water partition coefficient (Wildman–Crippen LogP) is 1.63. The number of hydrogen-bond donors (Lipinski definition) is 0. The number of piperidine rings is 1. The van der Waals surface area contributed by atoms with Gasteiger partial charge in [-0.05, 0) is 6.92 Å². The van der Waals surface area contributed by atoms with Crippen LogP contribution in [0.15, 0.2) is 0 Å². The van der Waals surface area contributed by atoms with Gasteiger partial charge in [-0.25, -0.2) is 17.2 Å². The minimum atomic E-state index is -3.56. The SMILES string of the molecule is CC1CC(F)(F)CCN1S(=O)(=O)CCl. The second-order valence-corrected chi connectivity index (χ2v) is 6.00. The van der Waals surface area contributed by atoms with Crippen molar-refractivity contribution in [2.75, 3.05) is 11.8 Å². The summed E-state index contributed by atoms with van der Waals surface area (Å²) in [7, 11) is -3.56. The van der Waals surface area contributed by atoms with Crippen LogP contribution in [0.2, 0.25) is 0 Å². The van der Waals surface area contributed by atoms with E-state index < -0.39 is 40.0 Å². The van der Waals surface area contributed by atoms with Crippen molar-refractivity contribution in [2.24, 2.45) is 0 Å². The second-order valence-electron chi connectivity index (χ2n) is 3.49. The maximum Gasteiger partial charge on any atom is 0.250 e. The average molecular weight is 248 g/mol. The number of nitrogens with zero attached hydrogens (tertiary/aromatic N) is 1. The van der Waals surface area contributed by atoms with Gasteiger partial charge in [0.05, 0.1) is 0 Å². The zero-order chi connectivity index (χ0) is 11.0. The van der Waals surface area contributed by atoms with Crippen molar-refractivity contribution >= 4 is 21.6 Å². The summed E-state index contributed by atoms with van der Waals surface area (Å²) >= 11 is 5.25. The van der Waals surface area contributed by atoms with Crippen molar-refractivity contribution in [2.45, 2.75) is 31.7 Å². The van der Waals surface area contributed by atoms with Gasteiger partial charge in [0, 0.05) is 25.4 Å². The van der Waals surface area contributed by atoms with Crippen molar-refractivity contribution in [3.8, 4) is 0 Å². The Bertz CT molecular complexity index is 307. The van der Waals surface area contributed by atoms with Crippen molar-refractivity contribution in [3.05, 3.63) is 0 Å². The number of hydrogen-bond acceptors (Lipinski definition) is 2. The van der Waals surface area contributed by atoms with E-state index in [1.807, 2.05) is 0 Å². The van der Waals surface area contributed by atoms with Crippen LogP contribution in [0, 0.1) is 0 Å². The molecule has 1 fully saturated rings. The first kappa shape index (κ1) is 12.1. The van der Waals surface area contributed by atoms with Crippen LogP contribution in [-0.2, 0) is 10.0 Å². The lowest BCUT2D eigenvalue weighted by molar-refractivity contribution is -0.0566. The van der Waals surface area contributed by atoms with Crippen LogP contribution in [0.1, 0.15) is 19.8 Å². The van der Waals surface area contributed by atoms with E-state index >= 15 is 0 Å². The molecule has 1 rings (SSSR count). The van der Waals surface area contributed by atoms with Gasteiger partial charge in [-0.15, -0.1) is 11.6 Å². The monoisotopic (exact) mass is 247 g/mol. The molecule has 0 radical (unpaired) electrons. The van der Waals surface area contributed by atoms with Gasteiger partial charge in [0.1, 0.15) is 5.21 Å². The fourth-order valence-corrected chi connectivity index (χ4v) is 3.10. The van der Waals surface area contributed by atoms with Crippen LogP contribution in [0.5, 0.6) is 0 Å². The van der Waals surface area contributed by atoms with Crippen molar-refractivity contribution in [1.29, 1.82) is 0 Å². The highest BCUT2D eigenvalue weighted by molar-refractivity contribution is 7.90. The summed E-state index contributed by atoms with van der Waals surface area (Å²) < 4.78 is 49.4. The first-order chi connectivity index (χ1) is 6.28. The van der Waals surface area contributed by atoms with Crippen LogP contribution < -0.4 is 0 Å². The molecule has 1 aliphatic rings. The standard InChI is InChI=1S/C7H12ClF2NO2S/c1-6-4-7(9,10)2-3-11(6)14(12,13)5-8/h6H,2-5H2,1H3. The zero-order valence-electron chi connectivity index (χ0n) is 7.71. The molecule has 1 atom stereocenters. The van der Waals surface area contributed by atoms with E-state index in [1.54, 1.807) is 0 Å². The van der Waals surface area contributed by atoms with Crippen LogP contribution in [0.3, 0.4) is 0 Å².